The van der Waals surface area contributed by atoms with Gasteiger partial charge in [0.15, 0.2) is 8.07 Å². The molecule has 0 amide bonds. The van der Waals surface area contributed by atoms with Crippen LogP contribution in [0.2, 0.25) is 23.7 Å². The molecule has 0 radical (unpaired) electrons. The molecule has 1 atom stereocenters. The lowest BCUT2D eigenvalue weighted by molar-refractivity contribution is 0.589. The molecule has 2 aliphatic carbocycles. The van der Waals surface area contributed by atoms with E-state index < -0.39 is 16.1 Å². The smallest absolute Gasteiger partial charge is 0.0798 e. The van der Waals surface area contributed by atoms with Crippen molar-refractivity contribution in [3.8, 4) is 11.1 Å². The minimum absolute atomic E-state index is 0.0182. The van der Waals surface area contributed by atoms with E-state index >= 15 is 0 Å². The predicted molar refractivity (Wildman–Crippen MR) is 212 cm³/mol. The Bertz CT molecular complexity index is 1830. The molecular formula is C45H56Si2. The van der Waals surface area contributed by atoms with Crippen molar-refractivity contribution >= 4 is 31.7 Å². The maximum atomic E-state index is 2.77. The molecule has 47 heavy (non-hydrogen) atoms. The van der Waals surface area contributed by atoms with Gasteiger partial charge in [-0.15, -0.1) is 0 Å². The summed E-state index contributed by atoms with van der Waals surface area (Å²) in [5, 5.41) is 6.52. The second-order valence-electron chi connectivity index (χ2n) is 18.0. The van der Waals surface area contributed by atoms with Gasteiger partial charge in [0.05, 0.1) is 8.07 Å². The van der Waals surface area contributed by atoms with Crippen LogP contribution in [0.15, 0.2) is 114 Å². The Labute approximate surface area is 288 Å². The molecule has 2 aliphatic rings. The molecule has 4 aromatic carbocycles. The zero-order chi connectivity index (χ0) is 34.2. The van der Waals surface area contributed by atoms with Crippen LogP contribution >= 0.6 is 0 Å². The SMILES string of the molecule is CC1=CC([Si](C)(C)C(C)(C)C)=CC1[Si](c1ccccc1)(c1ccccc1)c1cc(C(C)(C)C)cc2c1Cc1ccc(C(C)(C)C)cc1-2. The van der Waals surface area contributed by atoms with Crippen molar-refractivity contribution in [2.75, 3.05) is 0 Å². The second kappa shape index (κ2) is 11.5. The van der Waals surface area contributed by atoms with Crippen LogP contribution in [0.1, 0.15) is 91.5 Å². The third-order valence-corrected chi connectivity index (χ3v) is 22.8. The number of rotatable bonds is 5. The van der Waals surface area contributed by atoms with Gasteiger partial charge in [-0.3, -0.25) is 0 Å². The fourth-order valence-corrected chi connectivity index (χ4v) is 15.8. The normalized spacial score (nSPS) is 16.9. The molecule has 0 saturated heterocycles. The Morgan fingerprint density at radius 3 is 1.66 bits per heavy atom. The topological polar surface area (TPSA) is 0 Å². The quantitative estimate of drug-likeness (QED) is 0.131. The first-order valence-corrected chi connectivity index (χ1v) is 22.8. The largest absolute Gasteiger partial charge is 0.159 e. The van der Waals surface area contributed by atoms with Gasteiger partial charge < -0.3 is 0 Å². The second-order valence-corrected chi connectivity index (χ2v) is 27.3. The summed E-state index contributed by atoms with van der Waals surface area (Å²) in [4.78, 5) is 0. The highest BCUT2D eigenvalue weighted by Crippen LogP contribution is 2.49. The van der Waals surface area contributed by atoms with E-state index in [-0.39, 0.29) is 15.9 Å². The third kappa shape index (κ3) is 5.60. The lowest BCUT2D eigenvalue weighted by atomic mass is 9.83. The summed E-state index contributed by atoms with van der Waals surface area (Å²) in [6.45, 7) is 29.2. The minimum atomic E-state index is -2.71. The lowest BCUT2D eigenvalue weighted by Crippen LogP contribution is -2.70. The average molecular weight is 653 g/mol. The van der Waals surface area contributed by atoms with Gasteiger partial charge in [0, 0.05) is 5.54 Å². The molecule has 244 valence electrons. The Morgan fingerprint density at radius 2 is 1.15 bits per heavy atom. The molecule has 0 aliphatic heterocycles. The Balaban J connectivity index is 1.76. The molecule has 0 bridgehead atoms. The molecule has 0 nitrogen and oxygen atoms in total. The molecule has 6 rings (SSSR count). The summed E-state index contributed by atoms with van der Waals surface area (Å²) in [5.41, 5.74) is 10.8. The van der Waals surface area contributed by atoms with Gasteiger partial charge in [0.2, 0.25) is 0 Å². The van der Waals surface area contributed by atoms with Crippen molar-refractivity contribution in [2.45, 2.75) is 110 Å². The Kier molecular flexibility index (Phi) is 8.21. The van der Waals surface area contributed by atoms with Crippen molar-refractivity contribution in [1.82, 2.24) is 0 Å². The van der Waals surface area contributed by atoms with E-state index in [9.17, 15) is 0 Å². The van der Waals surface area contributed by atoms with E-state index in [2.05, 4.69) is 185 Å². The van der Waals surface area contributed by atoms with E-state index in [4.69, 9.17) is 0 Å². The first-order chi connectivity index (χ1) is 21.9. The number of benzene rings is 4. The van der Waals surface area contributed by atoms with E-state index in [1.165, 1.54) is 43.8 Å². The molecule has 0 aromatic heterocycles. The van der Waals surface area contributed by atoms with Gasteiger partial charge in [-0.25, -0.2) is 0 Å². The molecule has 0 saturated carbocycles. The van der Waals surface area contributed by atoms with Crippen LogP contribution in [0.5, 0.6) is 0 Å². The summed E-state index contributed by atoms with van der Waals surface area (Å²) in [7, 11) is -4.48. The average Bonchev–Trinajstić information content (AvgIpc) is 3.58. The molecule has 2 heteroatoms. The fourth-order valence-electron chi connectivity index (χ4n) is 7.91. The molecule has 4 aromatic rings. The monoisotopic (exact) mass is 652 g/mol. The van der Waals surface area contributed by atoms with Crippen LogP contribution in [0.4, 0.5) is 0 Å². The van der Waals surface area contributed by atoms with Gasteiger partial charge in [-0.05, 0) is 78.2 Å². The van der Waals surface area contributed by atoms with Crippen molar-refractivity contribution in [2.24, 2.45) is 0 Å². The van der Waals surface area contributed by atoms with Gasteiger partial charge >= 0.3 is 0 Å². The maximum Gasteiger partial charge on any atom is 0.159 e. The van der Waals surface area contributed by atoms with E-state index in [0.717, 1.165) is 6.42 Å². The van der Waals surface area contributed by atoms with E-state index in [0.29, 0.717) is 5.54 Å². The number of fused-ring (bicyclic) bond motifs is 3. The molecule has 1 unspecified atom stereocenters. The fraction of sp³-hybridized carbons (Fsp3) is 0.378. The highest BCUT2D eigenvalue weighted by atomic mass is 28.3. The van der Waals surface area contributed by atoms with Crippen LogP contribution < -0.4 is 15.6 Å². The van der Waals surface area contributed by atoms with E-state index in [1.807, 2.05) is 0 Å². The van der Waals surface area contributed by atoms with Crippen LogP contribution in [-0.2, 0) is 17.3 Å². The summed E-state index contributed by atoms with van der Waals surface area (Å²) in [5.74, 6) is 0. The molecule has 0 N–H and O–H groups in total. The van der Waals surface area contributed by atoms with Gasteiger partial charge in [0.25, 0.3) is 0 Å². The maximum absolute atomic E-state index is 2.77. The predicted octanol–water partition coefficient (Wildman–Crippen LogP) is 10.6. The lowest BCUT2D eigenvalue weighted by Gasteiger charge is -2.42. The minimum Gasteiger partial charge on any atom is -0.0798 e. The van der Waals surface area contributed by atoms with Gasteiger partial charge in [-0.1, -0.05) is 189 Å². The van der Waals surface area contributed by atoms with Gasteiger partial charge in [0.1, 0.15) is 0 Å². The highest BCUT2D eigenvalue weighted by Gasteiger charge is 2.51. The first kappa shape index (κ1) is 33.7. The van der Waals surface area contributed by atoms with Crippen LogP contribution in [0.25, 0.3) is 11.1 Å². The number of hydrogen-bond acceptors (Lipinski definition) is 0. The van der Waals surface area contributed by atoms with Crippen LogP contribution in [0, 0.1) is 0 Å². The Hall–Kier alpha value is -3.21. The Morgan fingerprint density at radius 1 is 0.617 bits per heavy atom. The molecular weight excluding hydrogens is 597 g/mol. The first-order valence-electron chi connectivity index (χ1n) is 17.7. The van der Waals surface area contributed by atoms with Gasteiger partial charge in [-0.2, -0.15) is 0 Å². The van der Waals surface area contributed by atoms with Crippen LogP contribution in [0.3, 0.4) is 0 Å². The summed E-state index contributed by atoms with van der Waals surface area (Å²) in [6, 6.07) is 35.9. The molecule has 0 heterocycles. The standard InChI is InChI=1S/C45H56Si2/c1-31-25-37(46(11,12)45(8,9)10)30-41(31)47(35-19-15-13-16-20-35,36-21-17-14-18-22-36)42-29-34(44(5,6)7)28-39-38-27-33(43(2,3)4)24-23-32(38)26-40(39)42/h13-25,27-30,41H,26H2,1-12H3. The van der Waals surface area contributed by atoms with Crippen molar-refractivity contribution in [3.05, 3.63) is 136 Å². The zero-order valence-corrected chi connectivity index (χ0v) is 33.1. The van der Waals surface area contributed by atoms with Crippen molar-refractivity contribution in [3.63, 3.8) is 0 Å². The zero-order valence-electron chi connectivity index (χ0n) is 31.1. The van der Waals surface area contributed by atoms with Crippen molar-refractivity contribution < 1.29 is 0 Å². The number of hydrogen-bond donors (Lipinski definition) is 0. The third-order valence-electron chi connectivity index (χ3n) is 11.9. The van der Waals surface area contributed by atoms with Crippen molar-refractivity contribution in [1.29, 1.82) is 0 Å². The summed E-state index contributed by atoms with van der Waals surface area (Å²) < 4.78 is 0. The highest BCUT2D eigenvalue weighted by molar-refractivity contribution is 7.13. The van der Waals surface area contributed by atoms with E-state index in [1.54, 1.807) is 15.9 Å². The molecule has 0 fully saturated rings. The number of allylic oxidation sites excluding steroid dienone is 4. The van der Waals surface area contributed by atoms with Crippen LogP contribution in [-0.4, -0.2) is 16.1 Å². The summed E-state index contributed by atoms with van der Waals surface area (Å²) >= 11 is 0. The molecule has 0 spiro atoms. The summed E-state index contributed by atoms with van der Waals surface area (Å²) in [6.07, 6.45) is 6.39.